The number of aromatic amines is 1. The molecule has 1 aromatic heterocycles. The zero-order chi connectivity index (χ0) is 20.3. The number of nitrogens with one attached hydrogen (secondary N) is 1. The van der Waals surface area contributed by atoms with Crippen LogP contribution in [0.25, 0.3) is 16.5 Å². The van der Waals surface area contributed by atoms with Crippen LogP contribution < -0.4 is 16.4 Å². The molecule has 2 atom stereocenters. The minimum atomic E-state index is -0.201. The second-order valence-corrected chi connectivity index (χ2v) is 8.48. The molecule has 2 unspecified atom stereocenters. The number of benzene rings is 1. The van der Waals surface area contributed by atoms with Gasteiger partial charge in [0.25, 0.3) is 0 Å². The summed E-state index contributed by atoms with van der Waals surface area (Å²) < 4.78 is 0.911. The monoisotopic (exact) mass is 431 g/mol. The van der Waals surface area contributed by atoms with Gasteiger partial charge in [-0.15, -0.1) is 5.46 Å². The number of hydrogen-bond donors (Lipinski definition) is 1. The van der Waals surface area contributed by atoms with Crippen LogP contribution in [0, 0.1) is 5.92 Å². The zero-order valence-electron chi connectivity index (χ0n) is 16.5. The average molecular weight is 432 g/mol. The number of fused-ring (bicyclic) bond motifs is 2. The van der Waals surface area contributed by atoms with Gasteiger partial charge in [-0.2, -0.15) is 0 Å². The van der Waals surface area contributed by atoms with Crippen molar-refractivity contribution in [2.24, 2.45) is 5.92 Å². The molecule has 4 nitrogen and oxygen atoms in total. The number of hydrogen-bond acceptors (Lipinski definition) is 2. The van der Waals surface area contributed by atoms with Crippen LogP contribution in [0.3, 0.4) is 0 Å². The van der Waals surface area contributed by atoms with Gasteiger partial charge in [0.15, 0.2) is 0 Å². The summed E-state index contributed by atoms with van der Waals surface area (Å²) in [6, 6.07) is 0.147. The molecule has 1 aromatic carbocycles. The molecule has 2 heterocycles. The van der Waals surface area contributed by atoms with Gasteiger partial charge in [-0.3, -0.25) is 9.69 Å². The lowest BCUT2D eigenvalue weighted by Gasteiger charge is -2.41. The number of H-pyrrole nitrogens is 1. The summed E-state index contributed by atoms with van der Waals surface area (Å²) in [7, 11) is 21.0. The minimum Gasteiger partial charge on any atom is -0.350 e. The highest BCUT2D eigenvalue weighted by Crippen LogP contribution is 2.42. The van der Waals surface area contributed by atoms with Gasteiger partial charge in [-0.25, -0.2) is 0 Å². The lowest BCUT2D eigenvalue weighted by atomic mass is 9.65. The second-order valence-electron chi connectivity index (χ2n) is 7.68. The summed E-state index contributed by atoms with van der Waals surface area (Å²) in [5.74, 6) is -0.0459. The Labute approximate surface area is 178 Å². The van der Waals surface area contributed by atoms with Crippen LogP contribution in [0.2, 0.25) is 0 Å². The topological polar surface area (TPSA) is 39.3 Å². The number of halogens is 1. The van der Waals surface area contributed by atoms with Crippen molar-refractivity contribution in [3.05, 3.63) is 21.8 Å². The first-order valence-corrected chi connectivity index (χ1v) is 10.5. The predicted molar refractivity (Wildman–Crippen MR) is 122 cm³/mol. The maximum Gasteiger partial charge on any atom is 0.230 e. The lowest BCUT2D eigenvalue weighted by Crippen LogP contribution is -2.50. The number of aromatic nitrogens is 1. The van der Waals surface area contributed by atoms with E-state index in [2.05, 4.69) is 38.9 Å². The van der Waals surface area contributed by atoms with E-state index in [0.717, 1.165) is 38.6 Å². The standard InChI is InChI=1S/C20H21B3BrN3O/c1-4-27(5-2)20(28)9-6-10-12(26(3)8-9)7-11-14-13(10)15(21)16(22)17(23)18(14)25-19(11)24/h6,9,12,25H,4-5,7-8H2,1-3H3. The van der Waals surface area contributed by atoms with E-state index in [1.807, 2.05) is 18.7 Å². The summed E-state index contributed by atoms with van der Waals surface area (Å²) in [5.41, 5.74) is 5.32. The summed E-state index contributed by atoms with van der Waals surface area (Å²) in [5, 5.41) is 1.02. The third-order valence-corrected chi connectivity index (χ3v) is 6.93. The van der Waals surface area contributed by atoms with Crippen LogP contribution >= 0.6 is 15.9 Å². The van der Waals surface area contributed by atoms with Gasteiger partial charge in [-0.1, -0.05) is 17.0 Å². The zero-order valence-corrected chi connectivity index (χ0v) is 18.1. The Kier molecular flexibility index (Phi) is 5.07. The molecule has 8 heteroatoms. The van der Waals surface area contributed by atoms with E-state index in [1.165, 1.54) is 0 Å². The summed E-state index contributed by atoms with van der Waals surface area (Å²) in [6.45, 7) is 6.12. The van der Waals surface area contributed by atoms with Crippen LogP contribution in [0.15, 0.2) is 10.7 Å². The van der Waals surface area contributed by atoms with Gasteiger partial charge in [0.1, 0.15) is 23.5 Å². The largest absolute Gasteiger partial charge is 0.350 e. The highest BCUT2D eigenvalue weighted by molar-refractivity contribution is 9.10. The highest BCUT2D eigenvalue weighted by atomic mass is 79.9. The predicted octanol–water partition coefficient (Wildman–Crippen LogP) is 0.0499. The molecule has 2 aromatic rings. The highest BCUT2D eigenvalue weighted by Gasteiger charge is 2.38. The minimum absolute atomic E-state index is 0.147. The molecule has 1 aliphatic heterocycles. The number of rotatable bonds is 3. The summed E-state index contributed by atoms with van der Waals surface area (Å²) in [4.78, 5) is 20.5. The van der Waals surface area contributed by atoms with Crippen molar-refractivity contribution in [3.8, 4) is 0 Å². The second kappa shape index (κ2) is 7.14. The molecule has 0 saturated heterocycles. The SMILES string of the molecule is [B]c1c([B])c2c3c(c(Br)[nH]c3c1[B])CC1C2=CC(C(=O)N(CC)CC)CN1C. The Morgan fingerprint density at radius 3 is 2.57 bits per heavy atom. The maximum absolute atomic E-state index is 13.0. The van der Waals surface area contributed by atoms with Crippen molar-refractivity contribution in [1.29, 1.82) is 0 Å². The summed E-state index contributed by atoms with van der Waals surface area (Å²) >= 11 is 3.64. The number of carbonyl (C=O) groups excluding carboxylic acids is 1. The van der Waals surface area contributed by atoms with E-state index >= 15 is 0 Å². The molecule has 0 fully saturated rings. The van der Waals surface area contributed by atoms with Crippen LogP contribution in [0.1, 0.15) is 25.0 Å². The van der Waals surface area contributed by atoms with E-state index < -0.39 is 0 Å². The Bertz CT molecular complexity index is 1010. The van der Waals surface area contributed by atoms with Gasteiger partial charge >= 0.3 is 0 Å². The van der Waals surface area contributed by atoms with Crippen molar-refractivity contribution in [3.63, 3.8) is 0 Å². The fourth-order valence-corrected chi connectivity index (χ4v) is 5.27. The molecule has 138 valence electrons. The van der Waals surface area contributed by atoms with Gasteiger partial charge in [0.2, 0.25) is 5.91 Å². The quantitative estimate of drug-likeness (QED) is 0.698. The fraction of sp³-hybridized carbons (Fsp3) is 0.450. The third kappa shape index (κ3) is 2.75. The van der Waals surface area contributed by atoms with Crippen molar-refractivity contribution in [2.75, 3.05) is 26.7 Å². The molecule has 2 aliphatic rings. The number of likely N-dealkylation sites (N-methyl/N-ethyl adjacent to an activating group) is 1. The first kappa shape index (κ1) is 19.9. The average Bonchev–Trinajstić information content (AvgIpc) is 3.01. The summed E-state index contributed by atoms with van der Waals surface area (Å²) in [6.07, 6.45) is 2.93. The number of carbonyl (C=O) groups is 1. The van der Waals surface area contributed by atoms with E-state index in [0.29, 0.717) is 36.0 Å². The van der Waals surface area contributed by atoms with E-state index in [9.17, 15) is 4.79 Å². The van der Waals surface area contributed by atoms with Crippen molar-refractivity contribution in [1.82, 2.24) is 14.8 Å². The fourth-order valence-electron chi connectivity index (χ4n) is 4.71. The van der Waals surface area contributed by atoms with Gasteiger partial charge in [0, 0.05) is 36.6 Å². The molecule has 0 spiro atoms. The Balaban J connectivity index is 1.94. The van der Waals surface area contributed by atoms with Gasteiger partial charge in [-0.05, 0) is 59.9 Å². The Morgan fingerprint density at radius 1 is 1.25 bits per heavy atom. The Morgan fingerprint density at radius 2 is 1.93 bits per heavy atom. The Hall–Kier alpha value is -1.40. The van der Waals surface area contributed by atoms with Crippen molar-refractivity contribution >= 4 is 78.2 Å². The van der Waals surface area contributed by atoms with Crippen LogP contribution in [-0.4, -0.2) is 77.0 Å². The van der Waals surface area contributed by atoms with E-state index in [4.69, 9.17) is 23.5 Å². The molecule has 1 N–H and O–H groups in total. The normalized spacial score (nSPS) is 21.5. The molecule has 1 aliphatic carbocycles. The molecule has 0 saturated carbocycles. The van der Waals surface area contributed by atoms with E-state index in [1.54, 1.807) is 0 Å². The van der Waals surface area contributed by atoms with Crippen molar-refractivity contribution in [2.45, 2.75) is 26.3 Å². The molecule has 4 rings (SSSR count). The van der Waals surface area contributed by atoms with Crippen LogP contribution in [0.5, 0.6) is 0 Å². The molecule has 0 bridgehead atoms. The van der Waals surface area contributed by atoms with Gasteiger partial charge < -0.3 is 9.88 Å². The molecule has 28 heavy (non-hydrogen) atoms. The number of amides is 1. The molecular weight excluding hydrogens is 411 g/mol. The van der Waals surface area contributed by atoms with Crippen LogP contribution in [0.4, 0.5) is 0 Å². The first-order chi connectivity index (χ1) is 13.3. The number of nitrogens with zero attached hydrogens (tertiary/aromatic N) is 2. The van der Waals surface area contributed by atoms with Crippen LogP contribution in [-0.2, 0) is 11.2 Å². The van der Waals surface area contributed by atoms with Gasteiger partial charge in [0.05, 0.1) is 10.5 Å². The lowest BCUT2D eigenvalue weighted by molar-refractivity contribution is -0.134. The van der Waals surface area contributed by atoms with Crippen molar-refractivity contribution < 1.29 is 4.79 Å². The third-order valence-electron chi connectivity index (χ3n) is 6.26. The smallest absolute Gasteiger partial charge is 0.230 e. The van der Waals surface area contributed by atoms with E-state index in [-0.39, 0.29) is 17.9 Å². The first-order valence-electron chi connectivity index (χ1n) is 9.67. The molecule has 1 amide bonds. The maximum atomic E-state index is 13.0. The molecule has 6 radical (unpaired) electrons. The molecular formula is C20H21B3BrN3O.